The zero-order valence-corrected chi connectivity index (χ0v) is 13.5. The van der Waals surface area contributed by atoms with Gasteiger partial charge in [-0.05, 0) is 37.5 Å². The van der Waals surface area contributed by atoms with Crippen LogP contribution in [0, 0.1) is 6.92 Å². The van der Waals surface area contributed by atoms with Crippen molar-refractivity contribution in [1.29, 1.82) is 0 Å². The highest BCUT2D eigenvalue weighted by Gasteiger charge is 2.22. The first-order valence-electron chi connectivity index (χ1n) is 8.16. The second kappa shape index (κ2) is 6.12. The van der Waals surface area contributed by atoms with Crippen molar-refractivity contribution in [2.24, 2.45) is 0 Å². The van der Waals surface area contributed by atoms with Crippen LogP contribution in [0.4, 0.5) is 6.01 Å². The number of oxazole rings is 1. The third kappa shape index (κ3) is 3.05. The Hall–Kier alpha value is -2.61. The van der Waals surface area contributed by atoms with Crippen molar-refractivity contribution in [2.75, 3.05) is 18.0 Å². The number of hydrogen-bond acceptors (Lipinski definition) is 6. The fourth-order valence-electron chi connectivity index (χ4n) is 3.07. The van der Waals surface area contributed by atoms with Gasteiger partial charge in [0.2, 0.25) is 0 Å². The highest BCUT2D eigenvalue weighted by atomic mass is 16.4. The summed E-state index contributed by atoms with van der Waals surface area (Å²) in [7, 11) is 0. The van der Waals surface area contributed by atoms with Crippen LogP contribution in [-0.4, -0.2) is 39.3 Å². The summed E-state index contributed by atoms with van der Waals surface area (Å²) in [6, 6.07) is 7.15. The van der Waals surface area contributed by atoms with Crippen LogP contribution in [-0.2, 0) is 6.54 Å². The van der Waals surface area contributed by atoms with Gasteiger partial charge in [0.25, 0.3) is 6.01 Å². The lowest BCUT2D eigenvalue weighted by molar-refractivity contribution is 0.396. The third-order valence-electron chi connectivity index (χ3n) is 4.41. The Balaban J connectivity index is 1.35. The van der Waals surface area contributed by atoms with Gasteiger partial charge in [-0.25, -0.2) is 9.89 Å². The Kier molecular flexibility index (Phi) is 3.81. The molecule has 1 aliphatic rings. The number of aromatic nitrogens is 4. The Morgan fingerprint density at radius 3 is 2.96 bits per heavy atom. The van der Waals surface area contributed by atoms with Crippen molar-refractivity contribution in [1.82, 2.24) is 25.5 Å². The molecule has 0 amide bonds. The summed E-state index contributed by atoms with van der Waals surface area (Å²) in [6.07, 6.45) is 1.98. The molecule has 2 aromatic heterocycles. The highest BCUT2D eigenvalue weighted by Crippen LogP contribution is 2.25. The smallest absolute Gasteiger partial charge is 0.340 e. The average molecular weight is 328 g/mol. The number of piperidine rings is 1. The lowest BCUT2D eigenvalue weighted by Crippen LogP contribution is -2.42. The lowest BCUT2D eigenvalue weighted by atomic mass is 10.1. The molecule has 8 nitrogen and oxygen atoms in total. The monoisotopic (exact) mass is 328 g/mol. The summed E-state index contributed by atoms with van der Waals surface area (Å²) in [5.74, 6) is 0.636. The summed E-state index contributed by atoms with van der Waals surface area (Å²) in [5, 5.41) is 9.70. The Morgan fingerprint density at radius 2 is 2.21 bits per heavy atom. The third-order valence-corrected chi connectivity index (χ3v) is 4.41. The van der Waals surface area contributed by atoms with Crippen molar-refractivity contribution in [3.8, 4) is 0 Å². The van der Waals surface area contributed by atoms with Crippen LogP contribution in [0.2, 0.25) is 0 Å². The van der Waals surface area contributed by atoms with E-state index in [0.717, 1.165) is 37.0 Å². The van der Waals surface area contributed by atoms with Crippen LogP contribution >= 0.6 is 0 Å². The Morgan fingerprint density at radius 1 is 1.38 bits per heavy atom. The topological polar surface area (TPSA) is 103 Å². The number of benzene rings is 1. The molecule has 0 atom stereocenters. The molecule has 0 aliphatic carbocycles. The number of H-pyrrole nitrogens is 2. The number of aryl methyl sites for hydroxylation is 1. The van der Waals surface area contributed by atoms with Crippen molar-refractivity contribution in [3.63, 3.8) is 0 Å². The molecular weight excluding hydrogens is 308 g/mol. The minimum Gasteiger partial charge on any atom is -0.423 e. The van der Waals surface area contributed by atoms with E-state index in [0.29, 0.717) is 24.4 Å². The predicted octanol–water partition coefficient (Wildman–Crippen LogP) is 1.31. The number of fused-ring (bicyclic) bond motifs is 1. The standard InChI is InChI=1S/C16H20N6O2/c1-10-2-3-13-12(8-10)18-16(24-13)22-6-4-11(5-7-22)17-9-14-19-15(23)21-20-14/h2-3,8,11,17H,4-7,9H2,1H3,(H2,19,20,21,23). The average Bonchev–Trinajstić information content (AvgIpc) is 3.19. The molecule has 4 rings (SSSR count). The first-order valence-corrected chi connectivity index (χ1v) is 8.16. The van der Waals surface area contributed by atoms with Crippen LogP contribution in [0.3, 0.4) is 0 Å². The van der Waals surface area contributed by atoms with Crippen molar-refractivity contribution in [2.45, 2.75) is 32.4 Å². The molecule has 1 aromatic carbocycles. The fraction of sp³-hybridized carbons (Fsp3) is 0.438. The molecule has 24 heavy (non-hydrogen) atoms. The van der Waals surface area contributed by atoms with E-state index in [1.807, 2.05) is 18.2 Å². The summed E-state index contributed by atoms with van der Waals surface area (Å²) in [4.78, 5) is 20.4. The van der Waals surface area contributed by atoms with Gasteiger partial charge in [0, 0.05) is 19.1 Å². The minimum absolute atomic E-state index is 0.271. The molecule has 126 valence electrons. The zero-order chi connectivity index (χ0) is 16.5. The van der Waals surface area contributed by atoms with Crippen LogP contribution in [0.1, 0.15) is 24.2 Å². The van der Waals surface area contributed by atoms with Crippen LogP contribution < -0.4 is 15.9 Å². The van der Waals surface area contributed by atoms with E-state index in [9.17, 15) is 4.79 Å². The van der Waals surface area contributed by atoms with E-state index in [2.05, 4.69) is 37.3 Å². The van der Waals surface area contributed by atoms with Gasteiger partial charge < -0.3 is 14.6 Å². The summed E-state index contributed by atoms with van der Waals surface area (Å²) < 4.78 is 5.87. The largest absolute Gasteiger partial charge is 0.423 e. The van der Waals surface area contributed by atoms with E-state index in [-0.39, 0.29) is 5.69 Å². The quantitative estimate of drug-likeness (QED) is 0.667. The van der Waals surface area contributed by atoms with Gasteiger partial charge in [-0.15, -0.1) is 0 Å². The number of anilines is 1. The fourth-order valence-corrected chi connectivity index (χ4v) is 3.07. The molecule has 0 unspecified atom stereocenters. The van der Waals surface area contributed by atoms with Crippen LogP contribution in [0.15, 0.2) is 27.4 Å². The molecule has 8 heteroatoms. The van der Waals surface area contributed by atoms with Crippen LogP contribution in [0.25, 0.3) is 11.1 Å². The van der Waals surface area contributed by atoms with Crippen molar-refractivity contribution in [3.05, 3.63) is 40.1 Å². The second-order valence-electron chi connectivity index (χ2n) is 6.23. The highest BCUT2D eigenvalue weighted by molar-refractivity contribution is 5.75. The molecule has 3 heterocycles. The molecule has 0 radical (unpaired) electrons. The summed E-state index contributed by atoms with van der Waals surface area (Å²) >= 11 is 0. The normalized spacial score (nSPS) is 16.1. The summed E-state index contributed by atoms with van der Waals surface area (Å²) in [6.45, 7) is 4.39. The number of rotatable bonds is 4. The molecule has 3 N–H and O–H groups in total. The SMILES string of the molecule is Cc1ccc2oc(N3CCC(NCc4n[nH]c(=O)[nH]4)CC3)nc2c1. The minimum atomic E-state index is -0.271. The molecule has 0 saturated carbocycles. The van der Waals surface area contributed by atoms with Gasteiger partial charge in [-0.1, -0.05) is 6.07 Å². The van der Waals surface area contributed by atoms with E-state index >= 15 is 0 Å². The predicted molar refractivity (Wildman–Crippen MR) is 90.0 cm³/mol. The Labute approximate surface area is 138 Å². The molecule has 1 fully saturated rings. The molecule has 3 aromatic rings. The number of nitrogens with zero attached hydrogens (tertiary/aromatic N) is 3. The van der Waals surface area contributed by atoms with Crippen molar-refractivity contribution < 1.29 is 4.42 Å². The van der Waals surface area contributed by atoms with Gasteiger partial charge in [0.1, 0.15) is 11.3 Å². The maximum atomic E-state index is 11.0. The number of hydrogen-bond donors (Lipinski definition) is 3. The second-order valence-corrected chi connectivity index (χ2v) is 6.23. The summed E-state index contributed by atoms with van der Waals surface area (Å²) in [5.41, 5.74) is 2.65. The van der Waals surface area contributed by atoms with Gasteiger partial charge in [0.05, 0.1) is 6.54 Å². The first kappa shape index (κ1) is 14.9. The van der Waals surface area contributed by atoms with E-state index in [4.69, 9.17) is 4.42 Å². The Bertz CT molecular complexity index is 887. The van der Waals surface area contributed by atoms with Crippen LogP contribution in [0.5, 0.6) is 0 Å². The van der Waals surface area contributed by atoms with Crippen molar-refractivity contribution >= 4 is 17.1 Å². The maximum absolute atomic E-state index is 11.0. The van der Waals surface area contributed by atoms with Gasteiger partial charge >= 0.3 is 5.69 Å². The molecular formula is C16H20N6O2. The van der Waals surface area contributed by atoms with Gasteiger partial charge in [0.15, 0.2) is 5.58 Å². The zero-order valence-electron chi connectivity index (χ0n) is 13.5. The van der Waals surface area contributed by atoms with E-state index < -0.39 is 0 Å². The van der Waals surface area contributed by atoms with Gasteiger partial charge in [-0.3, -0.25) is 4.98 Å². The van der Waals surface area contributed by atoms with E-state index in [1.54, 1.807) is 0 Å². The number of nitrogens with one attached hydrogen (secondary N) is 3. The lowest BCUT2D eigenvalue weighted by Gasteiger charge is -2.31. The molecule has 1 aliphatic heterocycles. The maximum Gasteiger partial charge on any atom is 0.340 e. The first-order chi connectivity index (χ1) is 11.7. The molecule has 1 saturated heterocycles. The molecule has 0 bridgehead atoms. The molecule has 0 spiro atoms. The number of aromatic amines is 2. The van der Waals surface area contributed by atoms with Gasteiger partial charge in [-0.2, -0.15) is 10.1 Å². The van der Waals surface area contributed by atoms with E-state index in [1.165, 1.54) is 5.56 Å².